The molecule has 0 aliphatic rings. The van der Waals surface area contributed by atoms with E-state index in [-0.39, 0.29) is 24.6 Å². The molecule has 0 heterocycles. The summed E-state index contributed by atoms with van der Waals surface area (Å²) in [7, 11) is 2.84. The average Bonchev–Trinajstić information content (AvgIpc) is 2.45. The van der Waals surface area contributed by atoms with Crippen LogP contribution in [0.1, 0.15) is 22.3 Å². The molecule has 1 rings (SSSR count). The number of carboxylic acid groups (broad SMARTS) is 1. The van der Waals surface area contributed by atoms with Gasteiger partial charge in [-0.1, -0.05) is 0 Å². The topological polar surface area (TPSA) is 95.9 Å². The summed E-state index contributed by atoms with van der Waals surface area (Å²) >= 11 is 0. The number of nitrogens with zero attached hydrogens (tertiary/aromatic N) is 1. The van der Waals surface area contributed by atoms with Gasteiger partial charge in [0.1, 0.15) is 0 Å². The third-order valence-electron chi connectivity index (χ3n) is 2.94. The number of aryl methyl sites for hydroxylation is 1. The molecule has 1 aromatic carbocycles. The van der Waals surface area contributed by atoms with E-state index in [1.807, 2.05) is 0 Å². The Hall–Kier alpha value is -2.57. The van der Waals surface area contributed by atoms with Gasteiger partial charge in [-0.15, -0.1) is 0 Å². The molecule has 0 saturated carbocycles. The summed E-state index contributed by atoms with van der Waals surface area (Å²) in [5, 5.41) is 11.5. The fraction of sp³-hybridized carbons (Fsp3) is 0.357. The standard InChI is InChI=1S/C14H18N2O5/c1-9-8-10(13(18)19)4-5-11(9)15-14(20)16(2)7-6-12(17)21-3/h4-5,8H,6-7H2,1-3H3,(H,15,20)(H,18,19). The highest BCUT2D eigenvalue weighted by Gasteiger charge is 2.13. The van der Waals surface area contributed by atoms with Gasteiger partial charge in [0, 0.05) is 19.3 Å². The normalized spacial score (nSPS) is 9.86. The van der Waals surface area contributed by atoms with E-state index in [9.17, 15) is 14.4 Å². The maximum atomic E-state index is 11.9. The third-order valence-corrected chi connectivity index (χ3v) is 2.94. The molecule has 21 heavy (non-hydrogen) atoms. The number of methoxy groups -OCH3 is 1. The van der Waals surface area contributed by atoms with E-state index in [1.54, 1.807) is 14.0 Å². The number of amides is 2. The van der Waals surface area contributed by atoms with Crippen molar-refractivity contribution >= 4 is 23.7 Å². The van der Waals surface area contributed by atoms with Crippen molar-refractivity contribution in [2.45, 2.75) is 13.3 Å². The first-order valence-electron chi connectivity index (χ1n) is 6.28. The van der Waals surface area contributed by atoms with Crippen LogP contribution in [-0.2, 0) is 9.53 Å². The van der Waals surface area contributed by atoms with Crippen molar-refractivity contribution in [1.82, 2.24) is 4.90 Å². The number of hydrogen-bond acceptors (Lipinski definition) is 4. The minimum Gasteiger partial charge on any atom is -0.478 e. The first-order chi connectivity index (χ1) is 9.85. The molecular weight excluding hydrogens is 276 g/mol. The fourth-order valence-electron chi connectivity index (χ4n) is 1.61. The predicted molar refractivity (Wildman–Crippen MR) is 76.4 cm³/mol. The summed E-state index contributed by atoms with van der Waals surface area (Å²) < 4.78 is 4.50. The molecule has 0 aliphatic carbocycles. The van der Waals surface area contributed by atoms with Crippen molar-refractivity contribution in [3.63, 3.8) is 0 Å². The van der Waals surface area contributed by atoms with Crippen molar-refractivity contribution in [2.75, 3.05) is 26.0 Å². The van der Waals surface area contributed by atoms with Crippen LogP contribution in [0, 0.1) is 6.92 Å². The minimum atomic E-state index is -1.02. The number of benzene rings is 1. The van der Waals surface area contributed by atoms with E-state index in [0.29, 0.717) is 11.3 Å². The Morgan fingerprint density at radius 1 is 1.33 bits per heavy atom. The fourth-order valence-corrected chi connectivity index (χ4v) is 1.61. The zero-order valence-corrected chi connectivity index (χ0v) is 12.2. The summed E-state index contributed by atoms with van der Waals surface area (Å²) in [5.74, 6) is -1.41. The molecule has 2 N–H and O–H groups in total. The second-order valence-corrected chi connectivity index (χ2v) is 4.51. The maximum Gasteiger partial charge on any atom is 0.335 e. The van der Waals surface area contributed by atoms with Crippen LogP contribution in [0.3, 0.4) is 0 Å². The van der Waals surface area contributed by atoms with Gasteiger partial charge in [0.25, 0.3) is 0 Å². The summed E-state index contributed by atoms with van der Waals surface area (Å²) in [6.45, 7) is 1.93. The molecule has 114 valence electrons. The lowest BCUT2D eigenvalue weighted by Gasteiger charge is -2.18. The predicted octanol–water partition coefficient (Wildman–Crippen LogP) is 1.72. The van der Waals surface area contributed by atoms with Crippen LogP contribution in [0.4, 0.5) is 10.5 Å². The Bertz CT molecular complexity index is 556. The number of carbonyl (C=O) groups excluding carboxylic acids is 2. The molecule has 7 nitrogen and oxygen atoms in total. The Kier molecular flexibility index (Phi) is 5.71. The summed E-state index contributed by atoms with van der Waals surface area (Å²) in [6, 6.07) is 4.04. The molecule has 0 atom stereocenters. The van der Waals surface area contributed by atoms with Crippen molar-refractivity contribution in [3.05, 3.63) is 29.3 Å². The Balaban J connectivity index is 2.66. The number of carbonyl (C=O) groups is 3. The molecule has 0 bridgehead atoms. The van der Waals surface area contributed by atoms with Crippen molar-refractivity contribution < 1.29 is 24.2 Å². The van der Waals surface area contributed by atoms with Crippen LogP contribution in [-0.4, -0.2) is 48.7 Å². The van der Waals surface area contributed by atoms with Crippen LogP contribution in [0.25, 0.3) is 0 Å². The van der Waals surface area contributed by atoms with Crippen LogP contribution in [0.15, 0.2) is 18.2 Å². The van der Waals surface area contributed by atoms with Gasteiger partial charge in [0.2, 0.25) is 0 Å². The van der Waals surface area contributed by atoms with Crippen LogP contribution in [0.2, 0.25) is 0 Å². The Morgan fingerprint density at radius 2 is 2.00 bits per heavy atom. The van der Waals surface area contributed by atoms with E-state index in [2.05, 4.69) is 10.1 Å². The van der Waals surface area contributed by atoms with E-state index in [0.717, 1.165) is 0 Å². The molecule has 0 aliphatic heterocycles. The lowest BCUT2D eigenvalue weighted by atomic mass is 10.1. The van der Waals surface area contributed by atoms with Crippen LogP contribution in [0.5, 0.6) is 0 Å². The number of anilines is 1. The number of esters is 1. The second-order valence-electron chi connectivity index (χ2n) is 4.51. The van der Waals surface area contributed by atoms with Gasteiger partial charge in [0.05, 0.1) is 19.1 Å². The van der Waals surface area contributed by atoms with Crippen molar-refractivity contribution in [2.24, 2.45) is 0 Å². The highest BCUT2D eigenvalue weighted by atomic mass is 16.5. The number of hydrogen-bond donors (Lipinski definition) is 2. The molecule has 0 unspecified atom stereocenters. The molecule has 0 aromatic heterocycles. The zero-order chi connectivity index (χ0) is 16.0. The van der Waals surface area contributed by atoms with Gasteiger partial charge in [-0.25, -0.2) is 9.59 Å². The van der Waals surface area contributed by atoms with E-state index in [1.165, 1.54) is 30.2 Å². The molecule has 0 spiro atoms. The quantitative estimate of drug-likeness (QED) is 0.806. The first-order valence-corrected chi connectivity index (χ1v) is 6.28. The highest BCUT2D eigenvalue weighted by molar-refractivity contribution is 5.92. The van der Waals surface area contributed by atoms with E-state index >= 15 is 0 Å². The SMILES string of the molecule is COC(=O)CCN(C)C(=O)Nc1ccc(C(=O)O)cc1C. The number of nitrogens with one attached hydrogen (secondary N) is 1. The lowest BCUT2D eigenvalue weighted by molar-refractivity contribution is -0.140. The molecule has 0 radical (unpaired) electrons. The minimum absolute atomic E-state index is 0.108. The van der Waals surface area contributed by atoms with Gasteiger partial charge >= 0.3 is 18.0 Å². The monoisotopic (exact) mass is 294 g/mol. The van der Waals surface area contributed by atoms with Gasteiger partial charge in [0.15, 0.2) is 0 Å². The number of ether oxygens (including phenoxy) is 1. The van der Waals surface area contributed by atoms with Gasteiger partial charge in [-0.3, -0.25) is 4.79 Å². The molecule has 0 saturated heterocycles. The number of aromatic carboxylic acids is 1. The Labute approximate surface area is 122 Å². The summed E-state index contributed by atoms with van der Waals surface area (Å²) in [6.07, 6.45) is 0.108. The first kappa shape index (κ1) is 16.5. The van der Waals surface area contributed by atoms with E-state index < -0.39 is 11.9 Å². The molecular formula is C14H18N2O5. The van der Waals surface area contributed by atoms with Gasteiger partial charge in [-0.2, -0.15) is 0 Å². The second kappa shape index (κ2) is 7.28. The molecule has 1 aromatic rings. The molecule has 7 heteroatoms. The smallest absolute Gasteiger partial charge is 0.335 e. The average molecular weight is 294 g/mol. The lowest BCUT2D eigenvalue weighted by Crippen LogP contribution is -2.33. The van der Waals surface area contributed by atoms with Crippen molar-refractivity contribution in [1.29, 1.82) is 0 Å². The highest BCUT2D eigenvalue weighted by Crippen LogP contribution is 2.17. The van der Waals surface area contributed by atoms with Crippen LogP contribution >= 0.6 is 0 Å². The number of carboxylic acids is 1. The van der Waals surface area contributed by atoms with Crippen LogP contribution < -0.4 is 5.32 Å². The number of urea groups is 1. The van der Waals surface area contributed by atoms with Crippen molar-refractivity contribution in [3.8, 4) is 0 Å². The summed E-state index contributed by atoms with van der Waals surface area (Å²) in [5.41, 5.74) is 1.32. The Morgan fingerprint density at radius 3 is 2.52 bits per heavy atom. The largest absolute Gasteiger partial charge is 0.478 e. The van der Waals surface area contributed by atoms with Gasteiger partial charge in [-0.05, 0) is 30.7 Å². The number of rotatable bonds is 5. The maximum absolute atomic E-state index is 11.9. The third kappa shape index (κ3) is 4.79. The van der Waals surface area contributed by atoms with E-state index in [4.69, 9.17) is 5.11 Å². The van der Waals surface area contributed by atoms with Gasteiger partial charge < -0.3 is 20.1 Å². The zero-order valence-electron chi connectivity index (χ0n) is 12.2. The molecule has 0 fully saturated rings. The molecule has 2 amide bonds. The summed E-state index contributed by atoms with van der Waals surface area (Å²) in [4.78, 5) is 35.1.